The van der Waals surface area contributed by atoms with Crippen LogP contribution < -0.4 is 4.74 Å². The van der Waals surface area contributed by atoms with Gasteiger partial charge in [-0.15, -0.1) is 11.8 Å². The van der Waals surface area contributed by atoms with Gasteiger partial charge in [-0.3, -0.25) is 0 Å². The minimum absolute atomic E-state index is 0.0256. The molecule has 0 amide bonds. The Hall–Kier alpha value is -2.08. The lowest BCUT2D eigenvalue weighted by atomic mass is 10.1. The van der Waals surface area contributed by atoms with Crippen LogP contribution in [0.3, 0.4) is 0 Å². The summed E-state index contributed by atoms with van der Waals surface area (Å²) in [6, 6.07) is 7.82. The average Bonchev–Trinajstić information content (AvgIpc) is 2.87. The van der Waals surface area contributed by atoms with Gasteiger partial charge in [0, 0.05) is 28.8 Å². The van der Waals surface area contributed by atoms with Crippen molar-refractivity contribution in [3.8, 4) is 5.75 Å². The summed E-state index contributed by atoms with van der Waals surface area (Å²) in [6.45, 7) is 0. The van der Waals surface area contributed by atoms with Gasteiger partial charge in [0.15, 0.2) is 0 Å². The molecule has 2 heterocycles. The third kappa shape index (κ3) is 3.16. The standard InChI is InChI=1S/C15H12FNO3S/c16-10-1-2-14-9(5-10)6-11(20-14)8-21-12-3-4-17-13(7-12)15(18)19/h1-5,7,11H,6,8H2,(H,18,19). The number of hydrogen-bond acceptors (Lipinski definition) is 4. The van der Waals surface area contributed by atoms with Crippen LogP contribution in [0, 0.1) is 5.82 Å². The van der Waals surface area contributed by atoms with Crippen LogP contribution in [-0.4, -0.2) is 27.9 Å². The van der Waals surface area contributed by atoms with Gasteiger partial charge in [0.1, 0.15) is 23.4 Å². The molecule has 1 atom stereocenters. The number of hydrogen-bond donors (Lipinski definition) is 1. The van der Waals surface area contributed by atoms with Gasteiger partial charge in [-0.1, -0.05) is 0 Å². The van der Waals surface area contributed by atoms with E-state index in [-0.39, 0.29) is 17.6 Å². The Morgan fingerprint density at radius 3 is 3.10 bits per heavy atom. The predicted octanol–water partition coefficient (Wildman–Crippen LogP) is 3.01. The summed E-state index contributed by atoms with van der Waals surface area (Å²) in [5, 5.41) is 8.90. The van der Waals surface area contributed by atoms with Crippen LogP contribution >= 0.6 is 11.8 Å². The highest BCUT2D eigenvalue weighted by Gasteiger charge is 2.23. The molecule has 1 aliphatic rings. The summed E-state index contributed by atoms with van der Waals surface area (Å²) in [7, 11) is 0. The molecule has 1 aromatic heterocycles. The molecular weight excluding hydrogens is 293 g/mol. The van der Waals surface area contributed by atoms with Crippen LogP contribution in [0.1, 0.15) is 16.1 Å². The molecule has 108 valence electrons. The van der Waals surface area contributed by atoms with E-state index in [2.05, 4.69) is 4.98 Å². The minimum atomic E-state index is -1.04. The smallest absolute Gasteiger partial charge is 0.354 e. The number of fused-ring (bicyclic) bond motifs is 1. The van der Waals surface area contributed by atoms with E-state index in [0.717, 1.165) is 16.2 Å². The summed E-state index contributed by atoms with van der Waals surface area (Å²) in [4.78, 5) is 15.5. The van der Waals surface area contributed by atoms with Gasteiger partial charge >= 0.3 is 5.97 Å². The predicted molar refractivity (Wildman–Crippen MR) is 76.4 cm³/mol. The molecular formula is C15H12FNO3S. The third-order valence-corrected chi connectivity index (χ3v) is 4.28. The van der Waals surface area contributed by atoms with E-state index in [4.69, 9.17) is 9.84 Å². The van der Waals surface area contributed by atoms with Crippen molar-refractivity contribution in [1.29, 1.82) is 0 Å². The Kier molecular flexibility index (Phi) is 3.79. The molecule has 0 saturated heterocycles. The highest BCUT2D eigenvalue weighted by atomic mass is 32.2. The van der Waals surface area contributed by atoms with E-state index in [1.54, 1.807) is 12.1 Å². The van der Waals surface area contributed by atoms with Crippen molar-refractivity contribution in [1.82, 2.24) is 4.98 Å². The van der Waals surface area contributed by atoms with Crippen LogP contribution in [0.15, 0.2) is 41.4 Å². The highest BCUT2D eigenvalue weighted by molar-refractivity contribution is 7.99. The average molecular weight is 305 g/mol. The van der Waals surface area contributed by atoms with E-state index in [1.807, 2.05) is 0 Å². The lowest BCUT2D eigenvalue weighted by molar-refractivity contribution is 0.0690. The van der Waals surface area contributed by atoms with Gasteiger partial charge < -0.3 is 9.84 Å². The van der Waals surface area contributed by atoms with E-state index < -0.39 is 5.97 Å². The zero-order chi connectivity index (χ0) is 14.8. The second kappa shape index (κ2) is 5.73. The SMILES string of the molecule is O=C(O)c1cc(SCC2Cc3cc(F)ccc3O2)ccn1. The first-order valence-electron chi connectivity index (χ1n) is 6.39. The summed E-state index contributed by atoms with van der Waals surface area (Å²) < 4.78 is 18.9. The Morgan fingerprint density at radius 1 is 1.43 bits per heavy atom. The topological polar surface area (TPSA) is 59.4 Å². The van der Waals surface area contributed by atoms with Crippen molar-refractivity contribution < 1.29 is 19.0 Å². The number of nitrogens with zero attached hydrogens (tertiary/aromatic N) is 1. The van der Waals surface area contributed by atoms with Crippen LogP contribution in [0.2, 0.25) is 0 Å². The number of pyridine rings is 1. The largest absolute Gasteiger partial charge is 0.489 e. The number of carbonyl (C=O) groups is 1. The molecule has 2 aromatic rings. The maximum Gasteiger partial charge on any atom is 0.354 e. The molecule has 1 N–H and O–H groups in total. The van der Waals surface area contributed by atoms with Crippen molar-refractivity contribution in [3.63, 3.8) is 0 Å². The van der Waals surface area contributed by atoms with Gasteiger partial charge in [0.05, 0.1) is 0 Å². The third-order valence-electron chi connectivity index (χ3n) is 3.15. The Labute approximate surface area is 125 Å². The minimum Gasteiger partial charge on any atom is -0.489 e. The molecule has 3 rings (SSSR count). The van der Waals surface area contributed by atoms with Crippen molar-refractivity contribution in [2.45, 2.75) is 17.4 Å². The van der Waals surface area contributed by atoms with E-state index in [0.29, 0.717) is 12.2 Å². The Morgan fingerprint density at radius 2 is 2.29 bits per heavy atom. The molecule has 0 bridgehead atoms. The number of aromatic nitrogens is 1. The maximum atomic E-state index is 13.1. The van der Waals surface area contributed by atoms with Crippen LogP contribution in [0.25, 0.3) is 0 Å². The molecule has 0 spiro atoms. The number of halogens is 1. The first-order valence-corrected chi connectivity index (χ1v) is 7.37. The fraction of sp³-hybridized carbons (Fsp3) is 0.200. The molecule has 1 unspecified atom stereocenters. The molecule has 0 fully saturated rings. The molecule has 21 heavy (non-hydrogen) atoms. The van der Waals surface area contributed by atoms with Gasteiger partial charge in [0.25, 0.3) is 0 Å². The van der Waals surface area contributed by atoms with E-state index >= 15 is 0 Å². The first-order chi connectivity index (χ1) is 10.1. The van der Waals surface area contributed by atoms with Crippen molar-refractivity contribution in [2.24, 2.45) is 0 Å². The second-order valence-electron chi connectivity index (χ2n) is 4.69. The number of benzene rings is 1. The maximum absolute atomic E-state index is 13.1. The molecule has 4 nitrogen and oxygen atoms in total. The number of carboxylic acid groups (broad SMARTS) is 1. The van der Waals surface area contributed by atoms with Gasteiger partial charge in [-0.25, -0.2) is 14.2 Å². The zero-order valence-corrected chi connectivity index (χ0v) is 11.8. The Balaban J connectivity index is 1.62. The molecule has 6 heteroatoms. The monoisotopic (exact) mass is 305 g/mol. The highest BCUT2D eigenvalue weighted by Crippen LogP contribution is 2.32. The van der Waals surface area contributed by atoms with Crippen molar-refractivity contribution >= 4 is 17.7 Å². The molecule has 0 radical (unpaired) electrons. The van der Waals surface area contributed by atoms with Crippen LogP contribution in [0.4, 0.5) is 4.39 Å². The number of carboxylic acids is 1. The van der Waals surface area contributed by atoms with E-state index in [9.17, 15) is 9.18 Å². The quantitative estimate of drug-likeness (QED) is 0.880. The summed E-state index contributed by atoms with van der Waals surface area (Å²) >= 11 is 1.50. The second-order valence-corrected chi connectivity index (χ2v) is 5.78. The lowest BCUT2D eigenvalue weighted by Crippen LogP contribution is -2.15. The summed E-state index contributed by atoms with van der Waals surface area (Å²) in [5.74, 6) is 0.0885. The molecule has 1 aromatic carbocycles. The van der Waals surface area contributed by atoms with Crippen molar-refractivity contribution in [2.75, 3.05) is 5.75 Å². The van der Waals surface area contributed by atoms with Gasteiger partial charge in [-0.05, 0) is 30.3 Å². The lowest BCUT2D eigenvalue weighted by Gasteiger charge is -2.10. The summed E-state index contributed by atoms with van der Waals surface area (Å²) in [6.07, 6.45) is 2.11. The van der Waals surface area contributed by atoms with Gasteiger partial charge in [-0.2, -0.15) is 0 Å². The van der Waals surface area contributed by atoms with Crippen LogP contribution in [0.5, 0.6) is 5.75 Å². The molecule has 0 aliphatic carbocycles. The number of rotatable bonds is 4. The molecule has 1 aliphatic heterocycles. The van der Waals surface area contributed by atoms with E-state index in [1.165, 1.54) is 36.2 Å². The number of aromatic carboxylic acids is 1. The normalized spacial score (nSPS) is 16.3. The Bertz CT molecular complexity index is 692. The number of thioether (sulfide) groups is 1. The van der Waals surface area contributed by atoms with Crippen molar-refractivity contribution in [3.05, 3.63) is 53.6 Å². The molecule has 0 saturated carbocycles. The number of ether oxygens (including phenoxy) is 1. The van der Waals surface area contributed by atoms with Gasteiger partial charge in [0.2, 0.25) is 0 Å². The fourth-order valence-electron chi connectivity index (χ4n) is 2.19. The summed E-state index contributed by atoms with van der Waals surface area (Å²) in [5.41, 5.74) is 0.902. The zero-order valence-electron chi connectivity index (χ0n) is 11.0. The fourth-order valence-corrected chi connectivity index (χ4v) is 3.11. The first kappa shape index (κ1) is 13.9. The van der Waals surface area contributed by atoms with Crippen LogP contribution in [-0.2, 0) is 6.42 Å².